The number of hydrogen-bond donors (Lipinski definition) is 0. The van der Waals surface area contributed by atoms with Crippen LogP contribution in [-0.2, 0) is 18.8 Å². The summed E-state index contributed by atoms with van der Waals surface area (Å²) in [7, 11) is 2.86. The van der Waals surface area contributed by atoms with Crippen LogP contribution in [0.1, 0.15) is 22.2 Å². The molecule has 1 aromatic heterocycles. The summed E-state index contributed by atoms with van der Waals surface area (Å²) in [6, 6.07) is 8.44. The molecule has 1 aromatic carbocycles. The average Bonchev–Trinajstić information content (AvgIpc) is 2.63. The van der Waals surface area contributed by atoms with Crippen LogP contribution in [-0.4, -0.2) is 39.6 Å². The first-order valence-corrected chi connectivity index (χ1v) is 8.19. The van der Waals surface area contributed by atoms with Crippen molar-refractivity contribution in [1.29, 1.82) is 0 Å². The summed E-state index contributed by atoms with van der Waals surface area (Å²) in [5, 5.41) is 0.627. The Hall–Kier alpha value is -2.38. The Bertz CT molecular complexity index is 917. The van der Waals surface area contributed by atoms with Gasteiger partial charge in [0.05, 0.1) is 13.2 Å². The molecule has 25 heavy (non-hydrogen) atoms. The number of aromatic nitrogens is 2. The van der Waals surface area contributed by atoms with Crippen molar-refractivity contribution in [2.24, 2.45) is 14.1 Å². The van der Waals surface area contributed by atoms with Crippen LogP contribution in [0.2, 0.25) is 5.02 Å². The van der Waals surface area contributed by atoms with E-state index in [0.717, 1.165) is 10.1 Å². The number of halogens is 1. The van der Waals surface area contributed by atoms with Gasteiger partial charge in [-0.15, -0.1) is 0 Å². The van der Waals surface area contributed by atoms with Crippen molar-refractivity contribution < 1.29 is 9.53 Å². The standard InChI is InChI=1S/C17H18ClN3O4/c1-19-13(9-15(22)20(2)17(19)24)16(23)21-7-8-25-14(10-21)11-3-5-12(18)6-4-11/h3-6,9,14H,7-8,10H2,1-2H3/t14-/m1/s1. The molecule has 0 radical (unpaired) electrons. The first-order chi connectivity index (χ1) is 11.9. The van der Waals surface area contributed by atoms with E-state index in [1.165, 1.54) is 24.7 Å². The molecule has 0 saturated carbocycles. The fraction of sp³-hybridized carbons (Fsp3) is 0.353. The molecule has 8 heteroatoms. The first-order valence-electron chi connectivity index (χ1n) is 7.82. The molecule has 2 aromatic rings. The molecule has 1 fully saturated rings. The van der Waals surface area contributed by atoms with Crippen LogP contribution in [0.3, 0.4) is 0 Å². The van der Waals surface area contributed by atoms with Gasteiger partial charge in [-0.1, -0.05) is 23.7 Å². The van der Waals surface area contributed by atoms with Gasteiger partial charge in [-0.3, -0.25) is 18.7 Å². The fourth-order valence-corrected chi connectivity index (χ4v) is 2.94. The molecule has 1 amide bonds. The second-order valence-electron chi connectivity index (χ2n) is 5.93. The minimum absolute atomic E-state index is 0.0739. The third-order valence-corrected chi connectivity index (χ3v) is 4.59. The van der Waals surface area contributed by atoms with Gasteiger partial charge in [-0.25, -0.2) is 4.79 Å². The molecule has 132 valence electrons. The zero-order chi connectivity index (χ0) is 18.1. The summed E-state index contributed by atoms with van der Waals surface area (Å²) >= 11 is 5.90. The Balaban J connectivity index is 1.87. The lowest BCUT2D eigenvalue weighted by Crippen LogP contribution is -2.46. The van der Waals surface area contributed by atoms with E-state index in [9.17, 15) is 14.4 Å². The van der Waals surface area contributed by atoms with Crippen molar-refractivity contribution >= 4 is 17.5 Å². The highest BCUT2D eigenvalue weighted by Crippen LogP contribution is 2.24. The van der Waals surface area contributed by atoms with E-state index in [-0.39, 0.29) is 17.7 Å². The molecule has 1 aliphatic rings. The normalized spacial score (nSPS) is 17.6. The van der Waals surface area contributed by atoms with E-state index < -0.39 is 11.2 Å². The highest BCUT2D eigenvalue weighted by atomic mass is 35.5. The Kier molecular flexibility index (Phi) is 4.78. The number of carbonyl (C=O) groups is 1. The molecule has 1 atom stereocenters. The van der Waals surface area contributed by atoms with Gasteiger partial charge in [-0.2, -0.15) is 0 Å². The number of rotatable bonds is 2. The van der Waals surface area contributed by atoms with Crippen molar-refractivity contribution in [2.75, 3.05) is 19.7 Å². The Morgan fingerprint density at radius 1 is 1.16 bits per heavy atom. The smallest absolute Gasteiger partial charge is 0.331 e. The zero-order valence-electron chi connectivity index (χ0n) is 13.9. The third-order valence-electron chi connectivity index (χ3n) is 4.34. The van der Waals surface area contributed by atoms with Crippen LogP contribution in [0.4, 0.5) is 0 Å². The largest absolute Gasteiger partial charge is 0.370 e. The predicted molar refractivity (Wildman–Crippen MR) is 93.0 cm³/mol. The van der Waals surface area contributed by atoms with E-state index in [1.54, 1.807) is 17.0 Å². The van der Waals surface area contributed by atoms with Crippen molar-refractivity contribution in [3.63, 3.8) is 0 Å². The van der Waals surface area contributed by atoms with Gasteiger partial charge >= 0.3 is 5.69 Å². The Morgan fingerprint density at radius 3 is 2.52 bits per heavy atom. The summed E-state index contributed by atoms with van der Waals surface area (Å²) in [5.41, 5.74) is -0.0445. The molecule has 7 nitrogen and oxygen atoms in total. The van der Waals surface area contributed by atoms with Crippen LogP contribution < -0.4 is 11.2 Å². The number of nitrogens with zero attached hydrogens (tertiary/aromatic N) is 3. The molecule has 1 aliphatic heterocycles. The first kappa shape index (κ1) is 17.4. The monoisotopic (exact) mass is 363 g/mol. The van der Waals surface area contributed by atoms with Crippen molar-refractivity contribution in [2.45, 2.75) is 6.10 Å². The van der Waals surface area contributed by atoms with Gasteiger partial charge < -0.3 is 9.64 Å². The topological polar surface area (TPSA) is 73.5 Å². The van der Waals surface area contributed by atoms with Gasteiger partial charge in [0.2, 0.25) is 0 Å². The maximum atomic E-state index is 12.8. The second kappa shape index (κ2) is 6.85. The lowest BCUT2D eigenvalue weighted by molar-refractivity contribution is -0.0232. The van der Waals surface area contributed by atoms with Crippen molar-refractivity contribution in [3.8, 4) is 0 Å². The number of amides is 1. The van der Waals surface area contributed by atoms with E-state index in [2.05, 4.69) is 0 Å². The lowest BCUT2D eigenvalue weighted by atomic mass is 10.1. The molecule has 1 saturated heterocycles. The second-order valence-corrected chi connectivity index (χ2v) is 6.37. The molecule has 0 unspecified atom stereocenters. The highest BCUT2D eigenvalue weighted by Gasteiger charge is 2.28. The number of ether oxygens (including phenoxy) is 1. The quantitative estimate of drug-likeness (QED) is 0.796. The van der Waals surface area contributed by atoms with Gasteiger partial charge in [-0.05, 0) is 17.7 Å². The lowest BCUT2D eigenvalue weighted by Gasteiger charge is -2.33. The van der Waals surface area contributed by atoms with Gasteiger partial charge in [0, 0.05) is 31.7 Å². The van der Waals surface area contributed by atoms with Crippen molar-refractivity contribution in [3.05, 3.63) is 67.4 Å². The van der Waals surface area contributed by atoms with Gasteiger partial charge in [0.1, 0.15) is 11.8 Å². The number of carbonyl (C=O) groups excluding carboxylic acids is 1. The van der Waals surface area contributed by atoms with Gasteiger partial charge in [0.15, 0.2) is 0 Å². The van der Waals surface area contributed by atoms with E-state index in [0.29, 0.717) is 24.7 Å². The average molecular weight is 364 g/mol. The van der Waals surface area contributed by atoms with Crippen LogP contribution in [0.15, 0.2) is 39.9 Å². The van der Waals surface area contributed by atoms with Crippen LogP contribution in [0, 0.1) is 0 Å². The highest BCUT2D eigenvalue weighted by molar-refractivity contribution is 6.30. The predicted octanol–water partition coefficient (Wildman–Crippen LogP) is 0.951. The molecule has 0 spiro atoms. The molecule has 0 bridgehead atoms. The molecular weight excluding hydrogens is 346 g/mol. The van der Waals surface area contributed by atoms with E-state index in [1.807, 2.05) is 12.1 Å². The Morgan fingerprint density at radius 2 is 1.84 bits per heavy atom. The molecule has 2 heterocycles. The molecular formula is C17H18ClN3O4. The molecule has 0 N–H and O–H groups in total. The number of morpholine rings is 1. The number of hydrogen-bond acceptors (Lipinski definition) is 4. The van der Waals surface area contributed by atoms with Crippen molar-refractivity contribution in [1.82, 2.24) is 14.0 Å². The van der Waals surface area contributed by atoms with Crippen LogP contribution >= 0.6 is 11.6 Å². The minimum Gasteiger partial charge on any atom is -0.370 e. The number of benzene rings is 1. The summed E-state index contributed by atoms with van der Waals surface area (Å²) < 4.78 is 7.90. The summed E-state index contributed by atoms with van der Waals surface area (Å²) in [4.78, 5) is 38.3. The zero-order valence-corrected chi connectivity index (χ0v) is 14.7. The third kappa shape index (κ3) is 3.38. The maximum Gasteiger partial charge on any atom is 0.331 e. The van der Waals surface area contributed by atoms with E-state index in [4.69, 9.17) is 16.3 Å². The summed E-state index contributed by atoms with van der Waals surface area (Å²) in [5.74, 6) is -0.362. The summed E-state index contributed by atoms with van der Waals surface area (Å²) in [6.45, 7) is 1.11. The van der Waals surface area contributed by atoms with E-state index >= 15 is 0 Å². The maximum absolute atomic E-state index is 12.8. The van der Waals surface area contributed by atoms with Crippen LogP contribution in [0.25, 0.3) is 0 Å². The van der Waals surface area contributed by atoms with Gasteiger partial charge in [0.25, 0.3) is 11.5 Å². The molecule has 0 aliphatic carbocycles. The minimum atomic E-state index is -0.529. The van der Waals surface area contributed by atoms with Crippen LogP contribution in [0.5, 0.6) is 0 Å². The fourth-order valence-electron chi connectivity index (χ4n) is 2.81. The summed E-state index contributed by atoms with van der Waals surface area (Å²) in [6.07, 6.45) is -0.279. The Labute approximate surface area is 149 Å². The SMILES string of the molecule is Cn1c(C(=O)N2CCO[C@@H](c3ccc(Cl)cc3)C2)cc(=O)n(C)c1=O. The molecule has 3 rings (SSSR count).